The van der Waals surface area contributed by atoms with Crippen LogP contribution in [0.1, 0.15) is 6.42 Å². The van der Waals surface area contributed by atoms with Crippen molar-refractivity contribution in [1.29, 1.82) is 0 Å². The third kappa shape index (κ3) is 1.37. The molecule has 0 aromatic carbocycles. The van der Waals surface area contributed by atoms with E-state index in [4.69, 9.17) is 5.11 Å². The van der Waals surface area contributed by atoms with Gasteiger partial charge in [-0.2, -0.15) is 17.0 Å². The molecule has 0 aromatic heterocycles. The van der Waals surface area contributed by atoms with Crippen LogP contribution in [-0.4, -0.2) is 55.3 Å². The quantitative estimate of drug-likeness (QED) is 0.693. The van der Waals surface area contributed by atoms with Gasteiger partial charge in [0.2, 0.25) is 0 Å². The van der Waals surface area contributed by atoms with Gasteiger partial charge in [0.25, 0.3) is 10.2 Å². The molecule has 1 aliphatic heterocycles. The van der Waals surface area contributed by atoms with Gasteiger partial charge in [0, 0.05) is 27.2 Å². The molecule has 6 nitrogen and oxygen atoms in total. The Balaban J connectivity index is 2.17. The third-order valence-electron chi connectivity index (χ3n) is 3.33. The number of piperidine rings is 1. The molecule has 1 aliphatic carbocycles. The Labute approximate surface area is 88.7 Å². The Morgan fingerprint density at radius 2 is 2.13 bits per heavy atom. The topological polar surface area (TPSA) is 77.9 Å². The van der Waals surface area contributed by atoms with Crippen molar-refractivity contribution in [2.45, 2.75) is 6.42 Å². The van der Waals surface area contributed by atoms with Gasteiger partial charge in [-0.15, -0.1) is 0 Å². The lowest BCUT2D eigenvalue weighted by Gasteiger charge is -2.22. The number of carboxylic acid groups (broad SMARTS) is 1. The van der Waals surface area contributed by atoms with Gasteiger partial charge < -0.3 is 5.11 Å². The molecule has 0 aromatic rings. The highest BCUT2D eigenvalue weighted by Gasteiger charge is 2.67. The van der Waals surface area contributed by atoms with Crippen LogP contribution in [0.25, 0.3) is 0 Å². The molecule has 2 rings (SSSR count). The molecule has 1 saturated carbocycles. The Hall–Kier alpha value is -0.660. The normalized spacial score (nSPS) is 35.5. The van der Waals surface area contributed by atoms with Crippen LogP contribution in [0.5, 0.6) is 0 Å². The van der Waals surface area contributed by atoms with E-state index in [1.807, 2.05) is 0 Å². The van der Waals surface area contributed by atoms with Gasteiger partial charge in [0.15, 0.2) is 0 Å². The fourth-order valence-electron chi connectivity index (χ4n) is 2.18. The molecule has 1 heterocycles. The van der Waals surface area contributed by atoms with Crippen LogP contribution in [0.2, 0.25) is 0 Å². The van der Waals surface area contributed by atoms with E-state index in [1.54, 1.807) is 0 Å². The number of rotatable bonds is 3. The highest BCUT2D eigenvalue weighted by Crippen LogP contribution is 2.58. The number of carbonyl (C=O) groups is 1. The van der Waals surface area contributed by atoms with Crippen LogP contribution >= 0.6 is 0 Å². The number of carboxylic acids is 1. The predicted octanol–water partition coefficient (Wildman–Crippen LogP) is -0.801. The largest absolute Gasteiger partial charge is 0.481 e. The molecular formula is C8H14N2O4S. The molecule has 0 bridgehead atoms. The molecule has 2 unspecified atom stereocenters. The fourth-order valence-corrected chi connectivity index (χ4v) is 3.40. The summed E-state index contributed by atoms with van der Waals surface area (Å²) in [4.78, 5) is 11.0. The summed E-state index contributed by atoms with van der Waals surface area (Å²) < 4.78 is 25.8. The van der Waals surface area contributed by atoms with Crippen LogP contribution in [0, 0.1) is 11.3 Å². The zero-order valence-electron chi connectivity index (χ0n) is 8.67. The van der Waals surface area contributed by atoms with Gasteiger partial charge >= 0.3 is 5.97 Å². The van der Waals surface area contributed by atoms with Gasteiger partial charge in [-0.25, -0.2) is 0 Å². The van der Waals surface area contributed by atoms with Crippen molar-refractivity contribution in [1.82, 2.24) is 8.61 Å². The van der Waals surface area contributed by atoms with E-state index in [9.17, 15) is 13.2 Å². The molecule has 2 aliphatic rings. The van der Waals surface area contributed by atoms with Gasteiger partial charge in [-0.1, -0.05) is 0 Å². The monoisotopic (exact) mass is 234 g/mol. The smallest absolute Gasteiger partial charge is 0.311 e. The lowest BCUT2D eigenvalue weighted by Crippen LogP contribution is -2.41. The number of hydrogen-bond donors (Lipinski definition) is 1. The number of fused-ring (bicyclic) bond motifs is 1. The molecule has 15 heavy (non-hydrogen) atoms. The van der Waals surface area contributed by atoms with Crippen molar-refractivity contribution in [3.63, 3.8) is 0 Å². The molecule has 7 heteroatoms. The van der Waals surface area contributed by atoms with Crippen LogP contribution in [0.4, 0.5) is 0 Å². The van der Waals surface area contributed by atoms with E-state index in [0.29, 0.717) is 13.0 Å². The molecule has 0 radical (unpaired) electrons. The maximum Gasteiger partial charge on any atom is 0.311 e. The van der Waals surface area contributed by atoms with E-state index in [0.717, 1.165) is 4.31 Å². The summed E-state index contributed by atoms with van der Waals surface area (Å²) in [5, 5.41) is 9.00. The van der Waals surface area contributed by atoms with Crippen LogP contribution in [0.3, 0.4) is 0 Å². The lowest BCUT2D eigenvalue weighted by molar-refractivity contribution is -0.143. The minimum Gasteiger partial charge on any atom is -0.481 e. The average molecular weight is 234 g/mol. The zero-order valence-corrected chi connectivity index (χ0v) is 9.49. The van der Waals surface area contributed by atoms with Crippen molar-refractivity contribution in [3.05, 3.63) is 0 Å². The summed E-state index contributed by atoms with van der Waals surface area (Å²) in [7, 11) is -0.545. The molecule has 1 saturated heterocycles. The highest BCUT2D eigenvalue weighted by atomic mass is 32.2. The second kappa shape index (κ2) is 2.93. The second-order valence-corrected chi connectivity index (χ2v) is 6.59. The predicted molar refractivity (Wildman–Crippen MR) is 52.4 cm³/mol. The van der Waals surface area contributed by atoms with Crippen molar-refractivity contribution in [2.75, 3.05) is 27.2 Å². The summed E-state index contributed by atoms with van der Waals surface area (Å²) in [5.74, 6) is -0.867. The molecule has 1 N–H and O–H groups in total. The Morgan fingerprint density at radius 3 is 2.53 bits per heavy atom. The van der Waals surface area contributed by atoms with Crippen LogP contribution < -0.4 is 0 Å². The second-order valence-electron chi connectivity index (χ2n) is 4.45. The van der Waals surface area contributed by atoms with Crippen molar-refractivity contribution >= 4 is 16.2 Å². The maximum absolute atomic E-state index is 11.7. The van der Waals surface area contributed by atoms with E-state index in [-0.39, 0.29) is 12.5 Å². The first-order valence-corrected chi connectivity index (χ1v) is 6.11. The molecule has 86 valence electrons. The third-order valence-corrected chi connectivity index (χ3v) is 5.18. The van der Waals surface area contributed by atoms with E-state index in [2.05, 4.69) is 0 Å². The Kier molecular flexibility index (Phi) is 2.12. The molecular weight excluding hydrogens is 220 g/mol. The Bertz CT molecular complexity index is 405. The first kappa shape index (κ1) is 10.8. The average Bonchev–Trinajstić information content (AvgIpc) is 2.69. The SMILES string of the molecule is CN(C)S(=O)(=O)N1CC2CC2(C(=O)O)C1. The number of nitrogens with zero attached hydrogens (tertiary/aromatic N) is 2. The lowest BCUT2D eigenvalue weighted by atomic mass is 10.1. The zero-order chi connectivity index (χ0) is 11.4. The first-order chi connectivity index (χ1) is 6.80. The van der Waals surface area contributed by atoms with Crippen LogP contribution in [-0.2, 0) is 15.0 Å². The highest BCUT2D eigenvalue weighted by molar-refractivity contribution is 7.86. The molecule has 0 spiro atoms. The van der Waals surface area contributed by atoms with Gasteiger partial charge in [0.05, 0.1) is 5.41 Å². The molecule has 2 atom stereocenters. The maximum atomic E-state index is 11.7. The van der Waals surface area contributed by atoms with Crippen molar-refractivity contribution in [2.24, 2.45) is 11.3 Å². The first-order valence-electron chi connectivity index (χ1n) is 4.72. The van der Waals surface area contributed by atoms with E-state index in [1.165, 1.54) is 18.4 Å². The van der Waals surface area contributed by atoms with E-state index < -0.39 is 21.6 Å². The summed E-state index contributed by atoms with van der Waals surface area (Å²) in [6, 6.07) is 0. The van der Waals surface area contributed by atoms with Crippen LogP contribution in [0.15, 0.2) is 0 Å². The summed E-state index contributed by atoms with van der Waals surface area (Å²) in [6.07, 6.45) is 0.613. The standard InChI is InChI=1S/C8H14N2O4S/c1-9(2)15(13,14)10-4-6-3-8(6,5-10)7(11)12/h6H,3-5H2,1-2H3,(H,11,12). The summed E-state index contributed by atoms with van der Waals surface area (Å²) in [5.41, 5.74) is -0.789. The van der Waals surface area contributed by atoms with E-state index >= 15 is 0 Å². The fraction of sp³-hybridized carbons (Fsp3) is 0.875. The molecule has 0 amide bonds. The van der Waals surface area contributed by atoms with Crippen molar-refractivity contribution in [3.8, 4) is 0 Å². The van der Waals surface area contributed by atoms with Crippen molar-refractivity contribution < 1.29 is 18.3 Å². The van der Waals surface area contributed by atoms with Gasteiger partial charge in [-0.3, -0.25) is 4.79 Å². The summed E-state index contributed by atoms with van der Waals surface area (Å²) in [6.45, 7) is 0.459. The number of aliphatic carboxylic acids is 1. The minimum absolute atomic E-state index is 0.00437. The Morgan fingerprint density at radius 1 is 1.53 bits per heavy atom. The molecule has 2 fully saturated rings. The minimum atomic E-state index is -3.45. The van der Waals surface area contributed by atoms with Gasteiger partial charge in [0.1, 0.15) is 0 Å². The van der Waals surface area contributed by atoms with Gasteiger partial charge in [-0.05, 0) is 12.3 Å². The summed E-state index contributed by atoms with van der Waals surface area (Å²) >= 11 is 0. The number of hydrogen-bond acceptors (Lipinski definition) is 3.